The van der Waals surface area contributed by atoms with E-state index in [0.29, 0.717) is 11.1 Å². The first-order chi connectivity index (χ1) is 14.2. The van der Waals surface area contributed by atoms with Gasteiger partial charge in [0.15, 0.2) is 0 Å². The molecule has 0 aliphatic carbocycles. The normalized spacial score (nSPS) is 12.3. The Morgan fingerprint density at radius 2 is 1.72 bits per heavy atom. The number of rotatable bonds is 4. The van der Waals surface area contributed by atoms with Crippen LogP contribution in [0.5, 0.6) is 0 Å². The number of hydrogen-bond donors (Lipinski definition) is 1. The zero-order chi connectivity index (χ0) is 19.8. The third kappa shape index (κ3) is 3.23. The molecule has 0 bridgehead atoms. The summed E-state index contributed by atoms with van der Waals surface area (Å²) in [6, 6.07) is 23.4. The SMILES string of the molecule is O=C(Nc1ccccc1Sc1ccccc1)c1cn2c3c(cccc3c1=O)CC2. The minimum atomic E-state index is -0.376. The summed E-state index contributed by atoms with van der Waals surface area (Å²) in [5, 5.41) is 3.56. The van der Waals surface area contributed by atoms with Crippen LogP contribution in [0.25, 0.3) is 10.9 Å². The van der Waals surface area contributed by atoms with Gasteiger partial charge in [-0.3, -0.25) is 9.59 Å². The van der Waals surface area contributed by atoms with Gasteiger partial charge >= 0.3 is 0 Å². The van der Waals surface area contributed by atoms with Crippen LogP contribution in [0.3, 0.4) is 0 Å². The Balaban J connectivity index is 1.50. The first kappa shape index (κ1) is 17.8. The minimum absolute atomic E-state index is 0.177. The highest BCUT2D eigenvalue weighted by Gasteiger charge is 2.21. The van der Waals surface area contributed by atoms with E-state index in [1.54, 1.807) is 24.0 Å². The molecule has 2 heterocycles. The molecular weight excluding hydrogens is 380 g/mol. The molecule has 1 N–H and O–H groups in total. The van der Waals surface area contributed by atoms with Crippen molar-refractivity contribution in [2.45, 2.75) is 22.8 Å². The van der Waals surface area contributed by atoms with Gasteiger partial charge in [0.05, 0.1) is 11.2 Å². The number of aryl methyl sites for hydroxylation is 2. The second-order valence-electron chi connectivity index (χ2n) is 6.99. The standard InChI is InChI=1S/C24H18N2O2S/c27-23-18-10-6-7-16-13-14-26(22(16)18)15-19(23)24(28)25-20-11-4-5-12-21(20)29-17-8-2-1-3-9-17/h1-12,15H,13-14H2,(H,25,28). The van der Waals surface area contributed by atoms with Gasteiger partial charge in [0.2, 0.25) is 5.43 Å². The second kappa shape index (κ2) is 7.26. The third-order valence-corrected chi connectivity index (χ3v) is 6.24. The maximum Gasteiger partial charge on any atom is 0.261 e. The Hall–Kier alpha value is -3.31. The third-order valence-electron chi connectivity index (χ3n) is 5.15. The maximum atomic E-state index is 13.0. The number of carbonyl (C=O) groups is 1. The number of nitrogens with one attached hydrogen (secondary N) is 1. The number of pyridine rings is 1. The molecule has 142 valence electrons. The predicted octanol–water partition coefficient (Wildman–Crippen LogP) is 4.96. The van der Waals surface area contributed by atoms with Gasteiger partial charge in [-0.05, 0) is 42.3 Å². The first-order valence-corrected chi connectivity index (χ1v) is 10.3. The van der Waals surface area contributed by atoms with E-state index in [-0.39, 0.29) is 16.9 Å². The summed E-state index contributed by atoms with van der Waals surface area (Å²) in [4.78, 5) is 28.0. The minimum Gasteiger partial charge on any atom is -0.346 e. The van der Waals surface area contributed by atoms with Gasteiger partial charge in [0.1, 0.15) is 5.56 Å². The van der Waals surface area contributed by atoms with Crippen LogP contribution < -0.4 is 10.7 Å². The maximum absolute atomic E-state index is 13.0. The fourth-order valence-corrected chi connectivity index (χ4v) is 4.71. The molecule has 1 aliphatic heterocycles. The number of nitrogens with zero attached hydrogens (tertiary/aromatic N) is 1. The topological polar surface area (TPSA) is 51.1 Å². The molecule has 0 fully saturated rings. The molecule has 0 saturated carbocycles. The van der Waals surface area contributed by atoms with E-state index in [0.717, 1.165) is 33.8 Å². The van der Waals surface area contributed by atoms with Crippen molar-refractivity contribution in [2.24, 2.45) is 0 Å². The molecule has 0 atom stereocenters. The number of benzene rings is 3. The van der Waals surface area contributed by atoms with Crippen LogP contribution in [0, 0.1) is 0 Å². The van der Waals surface area contributed by atoms with Crippen molar-refractivity contribution in [3.05, 3.63) is 100 Å². The smallest absolute Gasteiger partial charge is 0.261 e. The van der Waals surface area contributed by atoms with E-state index in [1.807, 2.05) is 71.3 Å². The highest BCUT2D eigenvalue weighted by atomic mass is 32.2. The summed E-state index contributed by atoms with van der Waals surface area (Å²) in [6.45, 7) is 0.789. The van der Waals surface area contributed by atoms with Gasteiger partial charge in [0, 0.05) is 27.9 Å². The fraction of sp³-hybridized carbons (Fsp3) is 0.0833. The predicted molar refractivity (Wildman–Crippen MR) is 117 cm³/mol. The zero-order valence-electron chi connectivity index (χ0n) is 15.6. The molecule has 0 radical (unpaired) electrons. The molecule has 0 spiro atoms. The van der Waals surface area contributed by atoms with Crippen LogP contribution in [0.2, 0.25) is 0 Å². The van der Waals surface area contributed by atoms with Crippen LogP contribution in [-0.2, 0) is 13.0 Å². The lowest BCUT2D eigenvalue weighted by Gasteiger charge is -2.12. The monoisotopic (exact) mass is 398 g/mol. The van der Waals surface area contributed by atoms with Crippen molar-refractivity contribution in [3.63, 3.8) is 0 Å². The highest BCUT2D eigenvalue weighted by molar-refractivity contribution is 7.99. The lowest BCUT2D eigenvalue weighted by molar-refractivity contribution is 0.102. The average Bonchev–Trinajstić information content (AvgIpc) is 3.17. The first-order valence-electron chi connectivity index (χ1n) is 9.49. The molecule has 1 aromatic heterocycles. The van der Waals surface area contributed by atoms with E-state index in [9.17, 15) is 9.59 Å². The van der Waals surface area contributed by atoms with Gasteiger partial charge in [-0.1, -0.05) is 54.2 Å². The Labute approximate surface area is 172 Å². The Morgan fingerprint density at radius 3 is 2.59 bits per heavy atom. The summed E-state index contributed by atoms with van der Waals surface area (Å²) < 4.78 is 2.02. The molecule has 1 amide bonds. The van der Waals surface area contributed by atoms with E-state index < -0.39 is 0 Å². The van der Waals surface area contributed by atoms with E-state index >= 15 is 0 Å². The zero-order valence-corrected chi connectivity index (χ0v) is 16.4. The van der Waals surface area contributed by atoms with Crippen molar-refractivity contribution in [2.75, 3.05) is 5.32 Å². The molecule has 0 unspecified atom stereocenters. The van der Waals surface area contributed by atoms with Crippen molar-refractivity contribution in [1.82, 2.24) is 4.57 Å². The van der Waals surface area contributed by atoms with Crippen molar-refractivity contribution >= 4 is 34.3 Å². The van der Waals surface area contributed by atoms with Gasteiger partial charge < -0.3 is 9.88 Å². The molecule has 3 aromatic carbocycles. The van der Waals surface area contributed by atoms with Crippen LogP contribution in [0.1, 0.15) is 15.9 Å². The largest absolute Gasteiger partial charge is 0.346 e. The second-order valence-corrected chi connectivity index (χ2v) is 8.11. The van der Waals surface area contributed by atoms with Gasteiger partial charge in [-0.2, -0.15) is 0 Å². The molecule has 0 saturated heterocycles. The lowest BCUT2D eigenvalue weighted by atomic mass is 10.1. The average molecular weight is 398 g/mol. The summed E-state index contributed by atoms with van der Waals surface area (Å²) in [5.74, 6) is -0.376. The number of anilines is 1. The number of para-hydroxylation sites is 2. The summed E-state index contributed by atoms with van der Waals surface area (Å²) in [7, 11) is 0. The van der Waals surface area contributed by atoms with E-state index in [4.69, 9.17) is 0 Å². The quantitative estimate of drug-likeness (QED) is 0.529. The molecule has 4 nitrogen and oxygen atoms in total. The molecule has 5 rings (SSSR count). The number of aromatic nitrogens is 1. The van der Waals surface area contributed by atoms with Gasteiger partial charge in [-0.15, -0.1) is 0 Å². The Kier molecular flexibility index (Phi) is 4.45. The van der Waals surface area contributed by atoms with Crippen LogP contribution in [-0.4, -0.2) is 10.5 Å². The van der Waals surface area contributed by atoms with Crippen molar-refractivity contribution in [1.29, 1.82) is 0 Å². The van der Waals surface area contributed by atoms with E-state index in [2.05, 4.69) is 5.32 Å². The van der Waals surface area contributed by atoms with Crippen molar-refractivity contribution < 1.29 is 4.79 Å². The summed E-state index contributed by atoms with van der Waals surface area (Å²) >= 11 is 1.58. The summed E-state index contributed by atoms with van der Waals surface area (Å²) in [6.07, 6.45) is 2.59. The van der Waals surface area contributed by atoms with Crippen LogP contribution in [0.15, 0.2) is 93.6 Å². The van der Waals surface area contributed by atoms with Gasteiger partial charge in [0.25, 0.3) is 5.91 Å². The molecule has 5 heteroatoms. The van der Waals surface area contributed by atoms with Crippen LogP contribution in [0.4, 0.5) is 5.69 Å². The number of carbonyl (C=O) groups excluding carboxylic acids is 1. The molecular formula is C24H18N2O2S. The molecule has 4 aromatic rings. The number of amides is 1. The van der Waals surface area contributed by atoms with Gasteiger partial charge in [-0.25, -0.2) is 0 Å². The van der Waals surface area contributed by atoms with Crippen LogP contribution >= 0.6 is 11.8 Å². The fourth-order valence-electron chi connectivity index (χ4n) is 3.78. The number of hydrogen-bond acceptors (Lipinski definition) is 3. The van der Waals surface area contributed by atoms with Crippen molar-refractivity contribution in [3.8, 4) is 0 Å². The van der Waals surface area contributed by atoms with E-state index in [1.165, 1.54) is 0 Å². The lowest BCUT2D eigenvalue weighted by Crippen LogP contribution is -2.23. The summed E-state index contributed by atoms with van der Waals surface area (Å²) in [5.41, 5.74) is 2.77. The molecule has 1 aliphatic rings. The Morgan fingerprint density at radius 1 is 0.931 bits per heavy atom. The highest BCUT2D eigenvalue weighted by Crippen LogP contribution is 2.33. The Bertz CT molecular complexity index is 1300. The molecule has 29 heavy (non-hydrogen) atoms.